The highest BCUT2D eigenvalue weighted by Crippen LogP contribution is 2.24. The number of carbonyl (C=O) groups is 1. The first-order chi connectivity index (χ1) is 9.32. The summed E-state index contributed by atoms with van der Waals surface area (Å²) in [6.07, 6.45) is 0. The van der Waals surface area contributed by atoms with Crippen molar-refractivity contribution >= 4 is 21.7 Å². The van der Waals surface area contributed by atoms with Crippen LogP contribution in [-0.2, 0) is 0 Å². The average molecular weight is 351 g/mol. The summed E-state index contributed by atoms with van der Waals surface area (Å²) in [5.41, 5.74) is -2.00. The first-order valence-electron chi connectivity index (χ1n) is 5.15. The van der Waals surface area contributed by atoms with Crippen LogP contribution in [0.4, 0.5) is 22.0 Å². The Morgan fingerprint density at radius 2 is 1.40 bits per heavy atom. The maximum atomic E-state index is 13.6. The Hall–Kier alpha value is -1.76. The summed E-state index contributed by atoms with van der Waals surface area (Å²) in [6.45, 7) is 0. The molecule has 2 aromatic carbocycles. The second kappa shape index (κ2) is 5.32. The zero-order valence-electron chi connectivity index (χ0n) is 9.49. The molecule has 0 aliphatic rings. The van der Waals surface area contributed by atoms with Gasteiger partial charge in [-0.2, -0.15) is 0 Å². The minimum absolute atomic E-state index is 0.0369. The van der Waals surface area contributed by atoms with Gasteiger partial charge in [0.2, 0.25) is 5.78 Å². The number of halogens is 6. The first-order valence-corrected chi connectivity index (χ1v) is 5.95. The van der Waals surface area contributed by atoms with Gasteiger partial charge in [0.1, 0.15) is 11.6 Å². The molecule has 0 spiro atoms. The van der Waals surface area contributed by atoms with E-state index in [1.54, 1.807) is 0 Å². The highest BCUT2D eigenvalue weighted by atomic mass is 79.9. The molecule has 0 saturated heterocycles. The van der Waals surface area contributed by atoms with Crippen LogP contribution >= 0.6 is 15.9 Å². The Kier molecular flexibility index (Phi) is 3.89. The predicted octanol–water partition coefficient (Wildman–Crippen LogP) is 4.38. The van der Waals surface area contributed by atoms with E-state index in [0.717, 1.165) is 12.1 Å². The van der Waals surface area contributed by atoms with E-state index in [9.17, 15) is 26.7 Å². The standard InChI is InChI=1S/C13H4BrF5O/c14-5-3-8(16)10(9(17)4-5)13(20)6-1-2-7(15)12(19)11(6)18/h1-4H. The number of rotatable bonds is 2. The largest absolute Gasteiger partial charge is 0.288 e. The number of benzene rings is 2. The molecular weight excluding hydrogens is 347 g/mol. The lowest BCUT2D eigenvalue weighted by Gasteiger charge is -2.07. The lowest BCUT2D eigenvalue weighted by atomic mass is 10.0. The predicted molar refractivity (Wildman–Crippen MR) is 63.8 cm³/mol. The Balaban J connectivity index is 2.61. The van der Waals surface area contributed by atoms with Gasteiger partial charge in [-0.25, -0.2) is 22.0 Å². The van der Waals surface area contributed by atoms with Crippen LogP contribution in [0.15, 0.2) is 28.7 Å². The third-order valence-electron chi connectivity index (χ3n) is 2.51. The molecule has 7 heteroatoms. The molecule has 0 heterocycles. The smallest absolute Gasteiger partial charge is 0.201 e. The summed E-state index contributed by atoms with van der Waals surface area (Å²) >= 11 is 2.81. The Morgan fingerprint density at radius 3 is 1.95 bits per heavy atom. The van der Waals surface area contributed by atoms with E-state index < -0.39 is 46.0 Å². The summed E-state index contributed by atoms with van der Waals surface area (Å²) < 4.78 is 66.4. The second-order valence-electron chi connectivity index (χ2n) is 3.80. The van der Waals surface area contributed by atoms with Crippen LogP contribution in [0.25, 0.3) is 0 Å². The van der Waals surface area contributed by atoms with E-state index in [1.807, 2.05) is 0 Å². The lowest BCUT2D eigenvalue weighted by Crippen LogP contribution is -2.11. The molecule has 2 aromatic rings. The zero-order chi connectivity index (χ0) is 15.0. The van der Waals surface area contributed by atoms with Gasteiger partial charge >= 0.3 is 0 Å². The van der Waals surface area contributed by atoms with Gasteiger partial charge in [0.05, 0.1) is 11.1 Å². The van der Waals surface area contributed by atoms with Crippen molar-refractivity contribution < 1.29 is 26.7 Å². The Labute approximate surface area is 118 Å². The number of hydrogen-bond acceptors (Lipinski definition) is 1. The Morgan fingerprint density at radius 1 is 0.850 bits per heavy atom. The van der Waals surface area contributed by atoms with Gasteiger partial charge in [0, 0.05) is 4.47 Å². The molecular formula is C13H4BrF5O. The number of ketones is 1. The van der Waals surface area contributed by atoms with Gasteiger partial charge in [0.25, 0.3) is 0 Å². The second-order valence-corrected chi connectivity index (χ2v) is 4.71. The molecule has 0 aliphatic carbocycles. The first kappa shape index (κ1) is 14.6. The third-order valence-corrected chi connectivity index (χ3v) is 2.97. The van der Waals surface area contributed by atoms with Gasteiger partial charge in [-0.1, -0.05) is 15.9 Å². The van der Waals surface area contributed by atoms with Crippen molar-refractivity contribution in [3.8, 4) is 0 Å². The van der Waals surface area contributed by atoms with Crippen LogP contribution in [0.2, 0.25) is 0 Å². The van der Waals surface area contributed by atoms with Gasteiger partial charge in [-0.3, -0.25) is 4.79 Å². The summed E-state index contributed by atoms with van der Waals surface area (Å²) in [5.74, 6) is -9.08. The SMILES string of the molecule is O=C(c1ccc(F)c(F)c1F)c1c(F)cc(Br)cc1F. The van der Waals surface area contributed by atoms with Crippen molar-refractivity contribution in [3.63, 3.8) is 0 Å². The minimum atomic E-state index is -1.88. The summed E-state index contributed by atoms with van der Waals surface area (Å²) in [4.78, 5) is 11.9. The van der Waals surface area contributed by atoms with E-state index in [-0.39, 0.29) is 4.47 Å². The molecule has 2 rings (SSSR count). The highest BCUT2D eigenvalue weighted by molar-refractivity contribution is 9.10. The van der Waals surface area contributed by atoms with Crippen molar-refractivity contribution in [2.45, 2.75) is 0 Å². The minimum Gasteiger partial charge on any atom is -0.288 e. The van der Waals surface area contributed by atoms with Gasteiger partial charge in [0.15, 0.2) is 17.5 Å². The molecule has 104 valence electrons. The van der Waals surface area contributed by atoms with Crippen molar-refractivity contribution in [2.75, 3.05) is 0 Å². The van der Waals surface area contributed by atoms with E-state index in [0.29, 0.717) is 12.1 Å². The van der Waals surface area contributed by atoms with Gasteiger partial charge < -0.3 is 0 Å². The number of hydrogen-bond donors (Lipinski definition) is 0. The monoisotopic (exact) mass is 350 g/mol. The molecule has 0 unspecified atom stereocenters. The summed E-state index contributed by atoms with van der Waals surface area (Å²) in [5, 5.41) is 0. The molecule has 0 bridgehead atoms. The van der Waals surface area contributed by atoms with Crippen LogP contribution in [-0.4, -0.2) is 5.78 Å². The van der Waals surface area contributed by atoms with E-state index in [2.05, 4.69) is 15.9 Å². The topological polar surface area (TPSA) is 17.1 Å². The van der Waals surface area contributed by atoms with Gasteiger partial charge in [-0.15, -0.1) is 0 Å². The van der Waals surface area contributed by atoms with E-state index >= 15 is 0 Å². The van der Waals surface area contributed by atoms with E-state index in [1.165, 1.54) is 0 Å². The van der Waals surface area contributed by atoms with Crippen LogP contribution in [0, 0.1) is 29.1 Å². The fraction of sp³-hybridized carbons (Fsp3) is 0. The number of carbonyl (C=O) groups excluding carboxylic acids is 1. The van der Waals surface area contributed by atoms with Crippen molar-refractivity contribution in [3.05, 3.63) is 69.0 Å². The highest BCUT2D eigenvalue weighted by Gasteiger charge is 2.25. The zero-order valence-corrected chi connectivity index (χ0v) is 11.1. The average Bonchev–Trinajstić information content (AvgIpc) is 2.34. The fourth-order valence-corrected chi connectivity index (χ4v) is 2.00. The normalized spacial score (nSPS) is 10.7. The maximum absolute atomic E-state index is 13.6. The molecule has 0 radical (unpaired) electrons. The Bertz CT molecular complexity index is 691. The molecule has 0 aromatic heterocycles. The van der Waals surface area contributed by atoms with Crippen molar-refractivity contribution in [2.24, 2.45) is 0 Å². The molecule has 0 fully saturated rings. The maximum Gasteiger partial charge on any atom is 0.201 e. The fourth-order valence-electron chi connectivity index (χ4n) is 1.60. The molecule has 0 aliphatic heterocycles. The third kappa shape index (κ3) is 2.45. The van der Waals surface area contributed by atoms with Crippen LogP contribution in [0.3, 0.4) is 0 Å². The summed E-state index contributed by atoms with van der Waals surface area (Å²) in [6, 6.07) is 2.72. The van der Waals surface area contributed by atoms with E-state index in [4.69, 9.17) is 0 Å². The van der Waals surface area contributed by atoms with Gasteiger partial charge in [-0.05, 0) is 24.3 Å². The van der Waals surface area contributed by atoms with Crippen LogP contribution in [0.1, 0.15) is 15.9 Å². The van der Waals surface area contributed by atoms with Crippen LogP contribution < -0.4 is 0 Å². The molecule has 0 saturated carbocycles. The molecule has 1 nitrogen and oxygen atoms in total. The molecule has 0 amide bonds. The quantitative estimate of drug-likeness (QED) is 0.446. The molecule has 0 atom stereocenters. The lowest BCUT2D eigenvalue weighted by molar-refractivity contribution is 0.102. The van der Waals surface area contributed by atoms with Crippen molar-refractivity contribution in [1.29, 1.82) is 0 Å². The summed E-state index contributed by atoms with van der Waals surface area (Å²) in [7, 11) is 0. The molecule has 0 N–H and O–H groups in total. The van der Waals surface area contributed by atoms with Crippen molar-refractivity contribution in [1.82, 2.24) is 0 Å². The molecule has 20 heavy (non-hydrogen) atoms. The van der Waals surface area contributed by atoms with Crippen LogP contribution in [0.5, 0.6) is 0 Å².